The molecule has 12 fully saturated rings. The Morgan fingerprint density at radius 2 is 0.302 bits per heavy atom. The van der Waals surface area contributed by atoms with E-state index in [4.69, 9.17) is 28.4 Å². The SMILES string of the molecule is CC(C)C1CCC2(CC1)CC(C)(C)C(=O)O2.CC(C)C1CCC2(CC1)CC(C)(C)C(=O)O2.CC(C)C1CCC2(CC1)CC(C)(C)C(=O)O2.CC(C)C1CCC2(CC1)CC(C)(C)C(=O)O2.CC(C)C1CCC2(CC1)CC(C)(C)C(=O)O2.CC(C)C1CCC2(CC1)CC(C)(C)C(=O)O2. The van der Waals surface area contributed by atoms with E-state index in [1.54, 1.807) is 0 Å². The van der Waals surface area contributed by atoms with Gasteiger partial charge in [0, 0.05) is 38.5 Å². The van der Waals surface area contributed by atoms with Crippen LogP contribution in [0.15, 0.2) is 0 Å². The second-order valence-electron chi connectivity index (χ2n) is 40.3. The number of esters is 6. The number of rotatable bonds is 6. The summed E-state index contributed by atoms with van der Waals surface area (Å²) < 4.78 is 34.2. The van der Waals surface area contributed by atoms with Gasteiger partial charge >= 0.3 is 35.8 Å². The van der Waals surface area contributed by atoms with Gasteiger partial charge in [0.1, 0.15) is 33.6 Å². The molecule has 6 heterocycles. The van der Waals surface area contributed by atoms with Crippen molar-refractivity contribution in [2.24, 2.45) is 104 Å². The van der Waals surface area contributed by atoms with Crippen molar-refractivity contribution >= 4 is 35.8 Å². The Balaban J connectivity index is 0.000000163. The lowest BCUT2D eigenvalue weighted by atomic mass is 9.71. The molecule has 6 spiro atoms. The van der Waals surface area contributed by atoms with Crippen molar-refractivity contribution in [1.29, 1.82) is 0 Å². The normalized spacial score (nSPS) is 38.1. The first-order chi connectivity index (χ1) is 44.1. The molecule has 12 nitrogen and oxygen atoms in total. The van der Waals surface area contributed by atoms with Gasteiger partial charge in [-0.05, 0) is 308 Å². The first-order valence-electron chi connectivity index (χ1n) is 39.5. The van der Waals surface area contributed by atoms with Crippen LogP contribution in [0.25, 0.3) is 0 Å². The van der Waals surface area contributed by atoms with Crippen LogP contribution >= 0.6 is 0 Å². The van der Waals surface area contributed by atoms with E-state index >= 15 is 0 Å². The highest BCUT2D eigenvalue weighted by Gasteiger charge is 2.58. The van der Waals surface area contributed by atoms with Crippen LogP contribution in [0.3, 0.4) is 0 Å². The summed E-state index contributed by atoms with van der Waals surface area (Å²) in [4.78, 5) is 70.6. The van der Waals surface area contributed by atoms with Crippen LogP contribution in [0.2, 0.25) is 0 Å². The molecule has 0 amide bonds. The minimum atomic E-state index is -0.259. The predicted octanol–water partition coefficient (Wildman–Crippen LogP) is 21.3. The molecule has 6 aliphatic heterocycles. The van der Waals surface area contributed by atoms with Crippen LogP contribution < -0.4 is 0 Å². The van der Waals surface area contributed by atoms with Gasteiger partial charge in [-0.3, -0.25) is 28.8 Å². The first kappa shape index (κ1) is 80.1. The Morgan fingerprint density at radius 3 is 0.365 bits per heavy atom. The zero-order valence-electron chi connectivity index (χ0n) is 66.0. The van der Waals surface area contributed by atoms with Gasteiger partial charge in [-0.15, -0.1) is 0 Å². The number of ether oxygens (including phenoxy) is 6. The molecule has 0 N–H and O–H groups in total. The number of carbonyl (C=O) groups excluding carboxylic acids is 6. The average Bonchev–Trinajstić information content (AvgIpc) is 1.68. The third kappa shape index (κ3) is 19.3. The van der Waals surface area contributed by atoms with Crippen LogP contribution in [0.5, 0.6) is 0 Å². The topological polar surface area (TPSA) is 158 Å². The molecule has 0 aromatic rings. The maximum absolute atomic E-state index is 11.8. The van der Waals surface area contributed by atoms with Crippen molar-refractivity contribution in [3.63, 3.8) is 0 Å². The molecular weight excluding hydrogens is 1200 g/mol. The minimum absolute atomic E-state index is 0.00972. The zero-order chi connectivity index (χ0) is 71.8. The highest BCUT2D eigenvalue weighted by atomic mass is 16.6. The van der Waals surface area contributed by atoms with Crippen LogP contribution in [0.4, 0.5) is 0 Å². The quantitative estimate of drug-likeness (QED) is 0.183. The molecule has 6 aliphatic carbocycles. The van der Waals surface area contributed by atoms with Gasteiger partial charge in [0.25, 0.3) is 0 Å². The molecule has 12 heteroatoms. The van der Waals surface area contributed by atoms with E-state index in [-0.39, 0.29) is 102 Å². The summed E-state index contributed by atoms with van der Waals surface area (Å²) in [6.07, 6.45) is 33.1. The predicted molar refractivity (Wildman–Crippen MR) is 384 cm³/mol. The van der Waals surface area contributed by atoms with Crippen molar-refractivity contribution in [1.82, 2.24) is 0 Å². The van der Waals surface area contributed by atoms with Crippen LogP contribution in [0, 0.1) is 104 Å². The summed E-state index contributed by atoms with van der Waals surface area (Å²) >= 11 is 0. The van der Waals surface area contributed by atoms with Crippen molar-refractivity contribution in [2.75, 3.05) is 0 Å². The summed E-state index contributed by atoms with van der Waals surface area (Å²) in [5, 5.41) is 0. The first-order valence-corrected chi connectivity index (χ1v) is 39.5. The van der Waals surface area contributed by atoms with Crippen LogP contribution in [-0.4, -0.2) is 69.4 Å². The van der Waals surface area contributed by atoms with E-state index in [1.165, 1.54) is 77.0 Å². The van der Waals surface area contributed by atoms with Gasteiger partial charge in [-0.25, -0.2) is 0 Å². The monoisotopic (exact) mass is 1350 g/mol. The highest BCUT2D eigenvalue weighted by Crippen LogP contribution is 2.56. The van der Waals surface area contributed by atoms with Crippen molar-refractivity contribution in [2.45, 2.75) is 392 Å². The van der Waals surface area contributed by atoms with Crippen LogP contribution in [0.1, 0.15) is 359 Å². The van der Waals surface area contributed by atoms with Gasteiger partial charge < -0.3 is 28.4 Å². The highest BCUT2D eigenvalue weighted by molar-refractivity contribution is 5.81. The third-order valence-corrected chi connectivity index (χ3v) is 27.1. The van der Waals surface area contributed by atoms with Crippen molar-refractivity contribution in [3.05, 3.63) is 0 Å². The van der Waals surface area contributed by atoms with Crippen molar-refractivity contribution in [3.8, 4) is 0 Å². The third-order valence-electron chi connectivity index (χ3n) is 27.1. The number of hydrogen-bond acceptors (Lipinski definition) is 12. The maximum Gasteiger partial charge on any atom is 0.312 e. The van der Waals surface area contributed by atoms with E-state index in [2.05, 4.69) is 83.1 Å². The lowest BCUT2D eigenvalue weighted by Gasteiger charge is -2.37. The molecule has 6 saturated carbocycles. The summed E-state index contributed by atoms with van der Waals surface area (Å²) in [6.45, 7) is 51.7. The molecule has 0 unspecified atom stereocenters. The molecule has 0 aromatic carbocycles. The number of carbonyl (C=O) groups is 6. The summed E-state index contributed by atoms with van der Waals surface area (Å²) in [5.74, 6) is 9.62. The van der Waals surface area contributed by atoms with E-state index in [0.29, 0.717) is 0 Å². The average molecular weight is 1350 g/mol. The van der Waals surface area contributed by atoms with Crippen molar-refractivity contribution < 1.29 is 57.2 Å². The second kappa shape index (κ2) is 30.0. The number of hydrogen-bond donors (Lipinski definition) is 0. The maximum atomic E-state index is 11.8. The minimum Gasteiger partial charge on any atom is -0.459 e. The largest absolute Gasteiger partial charge is 0.459 e. The van der Waals surface area contributed by atoms with E-state index in [0.717, 1.165) is 187 Å². The summed E-state index contributed by atoms with van der Waals surface area (Å²) in [5.41, 5.74) is -2.19. The van der Waals surface area contributed by atoms with Gasteiger partial charge in [-0.1, -0.05) is 83.1 Å². The molecule has 0 atom stereocenters. The smallest absolute Gasteiger partial charge is 0.312 e. The van der Waals surface area contributed by atoms with Gasteiger partial charge in [0.15, 0.2) is 0 Å². The molecule has 96 heavy (non-hydrogen) atoms. The standard InChI is InChI=1S/6C14H24O2/c6*1-10(2)11-5-7-14(8-6-11)9-13(3,4)12(15)16-14/h6*10-11H,5-9H2,1-4H3. The molecular formula is C84H144O12. The lowest BCUT2D eigenvalue weighted by molar-refractivity contribution is -0.156. The molecule has 0 bridgehead atoms. The lowest BCUT2D eigenvalue weighted by Crippen LogP contribution is -2.35. The second-order valence-corrected chi connectivity index (χ2v) is 40.3. The van der Waals surface area contributed by atoms with Gasteiger partial charge in [-0.2, -0.15) is 0 Å². The Labute approximate surface area is 586 Å². The van der Waals surface area contributed by atoms with E-state index in [9.17, 15) is 28.8 Å². The van der Waals surface area contributed by atoms with E-state index in [1.807, 2.05) is 83.1 Å². The fourth-order valence-corrected chi connectivity index (χ4v) is 20.2. The Kier molecular flexibility index (Phi) is 25.1. The Hall–Kier alpha value is -3.18. The molecule has 0 aromatic heterocycles. The molecule has 12 rings (SSSR count). The summed E-state index contributed by atoms with van der Waals surface area (Å²) in [6, 6.07) is 0. The molecule has 6 saturated heterocycles. The summed E-state index contributed by atoms with van der Waals surface area (Å²) in [7, 11) is 0. The Morgan fingerprint density at radius 1 is 0.208 bits per heavy atom. The fraction of sp³-hybridized carbons (Fsp3) is 0.929. The Bertz CT molecular complexity index is 2160. The van der Waals surface area contributed by atoms with Gasteiger partial charge in [0.05, 0.1) is 32.5 Å². The molecule has 12 aliphatic rings. The van der Waals surface area contributed by atoms with E-state index < -0.39 is 0 Å². The van der Waals surface area contributed by atoms with Crippen LogP contribution in [-0.2, 0) is 57.2 Å². The zero-order valence-corrected chi connectivity index (χ0v) is 66.0. The fourth-order valence-electron chi connectivity index (χ4n) is 20.2. The molecule has 552 valence electrons. The molecule has 0 radical (unpaired) electrons. The van der Waals surface area contributed by atoms with Gasteiger partial charge in [0.2, 0.25) is 0 Å².